The molecule has 0 unspecified atom stereocenters. The molecule has 0 amide bonds. The topological polar surface area (TPSA) is 54.1 Å². The van der Waals surface area contributed by atoms with E-state index in [2.05, 4.69) is 5.10 Å². The SMILES string of the molecule is Cc1cc(C(=O)O)c(Cl)n[n+]1C. The lowest BCUT2D eigenvalue weighted by atomic mass is 10.3. The molecule has 0 aliphatic rings. The average molecular weight is 188 g/mol. The van der Waals surface area contributed by atoms with Gasteiger partial charge >= 0.3 is 5.97 Å². The number of rotatable bonds is 1. The molecule has 1 heterocycles. The average Bonchev–Trinajstić information content (AvgIpc) is 1.96. The van der Waals surface area contributed by atoms with Crippen LogP contribution in [0, 0.1) is 6.92 Å². The minimum Gasteiger partial charge on any atom is -0.478 e. The van der Waals surface area contributed by atoms with Gasteiger partial charge in [-0.3, -0.25) is 0 Å². The van der Waals surface area contributed by atoms with Crippen LogP contribution in [-0.2, 0) is 7.05 Å². The number of aromatic carboxylic acids is 1. The molecule has 0 fully saturated rings. The van der Waals surface area contributed by atoms with Gasteiger partial charge in [0.25, 0.3) is 0 Å². The van der Waals surface area contributed by atoms with Gasteiger partial charge in [0.1, 0.15) is 5.56 Å². The van der Waals surface area contributed by atoms with Crippen LogP contribution < -0.4 is 4.68 Å². The fourth-order valence-electron chi connectivity index (χ4n) is 0.776. The number of halogens is 1. The summed E-state index contributed by atoms with van der Waals surface area (Å²) < 4.78 is 1.52. The summed E-state index contributed by atoms with van der Waals surface area (Å²) in [6, 6.07) is 1.48. The molecule has 0 aliphatic heterocycles. The van der Waals surface area contributed by atoms with E-state index in [1.807, 2.05) is 0 Å². The van der Waals surface area contributed by atoms with Crippen LogP contribution in [0.5, 0.6) is 0 Å². The Bertz CT molecular complexity index is 338. The highest BCUT2D eigenvalue weighted by Crippen LogP contribution is 2.10. The summed E-state index contributed by atoms with van der Waals surface area (Å²) in [4.78, 5) is 10.6. The summed E-state index contributed by atoms with van der Waals surface area (Å²) in [6.07, 6.45) is 0. The number of carboxylic acid groups (broad SMARTS) is 1. The van der Waals surface area contributed by atoms with Gasteiger partial charge in [-0.2, -0.15) is 0 Å². The first-order chi connectivity index (χ1) is 5.52. The smallest absolute Gasteiger partial charge is 0.339 e. The molecule has 12 heavy (non-hydrogen) atoms. The van der Waals surface area contributed by atoms with E-state index in [-0.39, 0.29) is 10.7 Å². The molecule has 5 heteroatoms. The molecule has 0 spiro atoms. The summed E-state index contributed by atoms with van der Waals surface area (Å²) in [5.41, 5.74) is 0.782. The van der Waals surface area contributed by atoms with Gasteiger partial charge in [-0.1, -0.05) is 16.3 Å². The molecule has 4 nitrogen and oxygen atoms in total. The summed E-state index contributed by atoms with van der Waals surface area (Å²) in [6.45, 7) is 1.76. The predicted octanol–water partition coefficient (Wildman–Crippen LogP) is 0.566. The van der Waals surface area contributed by atoms with Crippen molar-refractivity contribution in [1.29, 1.82) is 0 Å². The van der Waals surface area contributed by atoms with Crippen LogP contribution in [-0.4, -0.2) is 16.2 Å². The van der Waals surface area contributed by atoms with Crippen LogP contribution in [0.3, 0.4) is 0 Å². The molecule has 0 aromatic carbocycles. The number of hydrogen-bond donors (Lipinski definition) is 1. The van der Waals surface area contributed by atoms with Crippen molar-refractivity contribution in [2.75, 3.05) is 0 Å². The Morgan fingerprint density at radius 3 is 2.83 bits per heavy atom. The Balaban J connectivity index is 3.33. The van der Waals surface area contributed by atoms with E-state index in [1.165, 1.54) is 10.7 Å². The maximum absolute atomic E-state index is 10.6. The van der Waals surface area contributed by atoms with Crippen molar-refractivity contribution in [1.82, 2.24) is 5.10 Å². The summed E-state index contributed by atoms with van der Waals surface area (Å²) in [5.74, 6) is -1.06. The van der Waals surface area contributed by atoms with E-state index in [9.17, 15) is 4.79 Å². The van der Waals surface area contributed by atoms with Crippen molar-refractivity contribution in [3.8, 4) is 0 Å². The number of aromatic nitrogens is 2. The van der Waals surface area contributed by atoms with Crippen molar-refractivity contribution in [2.24, 2.45) is 7.05 Å². The van der Waals surface area contributed by atoms with Crippen molar-refractivity contribution in [3.05, 3.63) is 22.5 Å². The molecule has 1 N–H and O–H groups in total. The van der Waals surface area contributed by atoms with Crippen molar-refractivity contribution in [2.45, 2.75) is 6.92 Å². The number of aryl methyl sites for hydroxylation is 2. The van der Waals surface area contributed by atoms with E-state index in [4.69, 9.17) is 16.7 Å². The quantitative estimate of drug-likeness (QED) is 0.654. The first kappa shape index (κ1) is 8.93. The molecule has 0 radical (unpaired) electrons. The number of carbonyl (C=O) groups is 1. The normalized spacial score (nSPS) is 9.92. The molecule has 64 valence electrons. The highest BCUT2D eigenvalue weighted by atomic mass is 35.5. The third-order valence-corrected chi connectivity index (χ3v) is 1.83. The van der Waals surface area contributed by atoms with Crippen molar-refractivity contribution in [3.63, 3.8) is 0 Å². The Morgan fingerprint density at radius 1 is 1.75 bits per heavy atom. The lowest BCUT2D eigenvalue weighted by Gasteiger charge is -1.96. The third-order valence-electron chi connectivity index (χ3n) is 1.55. The van der Waals surface area contributed by atoms with Gasteiger partial charge in [0.15, 0.2) is 7.05 Å². The summed E-state index contributed by atoms with van der Waals surface area (Å²) >= 11 is 5.58. The van der Waals surface area contributed by atoms with Gasteiger partial charge in [-0.25, -0.2) is 4.79 Å². The molecular formula is C7H8ClN2O2+. The standard InChI is InChI=1S/C7H7ClN2O2/c1-4-3-5(7(11)12)6(8)9-10(4)2/h3H,1-2H3/p+1. The van der Waals surface area contributed by atoms with E-state index in [0.717, 1.165) is 5.69 Å². The van der Waals surface area contributed by atoms with Crippen molar-refractivity contribution >= 4 is 17.6 Å². The molecule has 1 aromatic heterocycles. The summed E-state index contributed by atoms with van der Waals surface area (Å²) in [7, 11) is 1.70. The maximum atomic E-state index is 10.6. The van der Waals surface area contributed by atoms with Crippen LogP contribution in [0.15, 0.2) is 6.07 Å². The second-order valence-corrected chi connectivity index (χ2v) is 2.78. The van der Waals surface area contributed by atoms with Gasteiger partial charge in [-0.15, -0.1) is 0 Å². The predicted molar refractivity (Wildman–Crippen MR) is 42.1 cm³/mol. The van der Waals surface area contributed by atoms with Crippen molar-refractivity contribution < 1.29 is 14.6 Å². The van der Waals surface area contributed by atoms with E-state index in [1.54, 1.807) is 14.0 Å². The first-order valence-electron chi connectivity index (χ1n) is 3.29. The number of nitrogens with zero attached hydrogens (tertiary/aromatic N) is 2. The minimum absolute atomic E-state index is 0.00981. The fraction of sp³-hybridized carbons (Fsp3) is 0.286. The molecule has 0 aliphatic carbocycles. The summed E-state index contributed by atoms with van der Waals surface area (Å²) in [5, 5.41) is 12.5. The molecule has 0 saturated carbocycles. The van der Waals surface area contributed by atoms with Crippen LogP contribution in [0.4, 0.5) is 0 Å². The first-order valence-corrected chi connectivity index (χ1v) is 3.67. The Labute approximate surface area is 74.4 Å². The zero-order valence-electron chi connectivity index (χ0n) is 6.71. The van der Waals surface area contributed by atoms with Gasteiger partial charge in [0, 0.05) is 18.1 Å². The van der Waals surface area contributed by atoms with Crippen LogP contribution in [0.1, 0.15) is 16.1 Å². The maximum Gasteiger partial charge on any atom is 0.339 e. The van der Waals surface area contributed by atoms with E-state index < -0.39 is 5.97 Å². The van der Waals surface area contributed by atoms with Crippen LogP contribution in [0.2, 0.25) is 5.15 Å². The van der Waals surface area contributed by atoms with E-state index >= 15 is 0 Å². The second kappa shape index (κ2) is 3.06. The number of carboxylic acids is 1. The zero-order valence-corrected chi connectivity index (χ0v) is 7.46. The molecular weight excluding hydrogens is 180 g/mol. The molecule has 0 bridgehead atoms. The highest BCUT2D eigenvalue weighted by molar-refractivity contribution is 6.32. The minimum atomic E-state index is -1.06. The Hall–Kier alpha value is -1.16. The Kier molecular flexibility index (Phi) is 2.28. The monoisotopic (exact) mass is 187 g/mol. The second-order valence-electron chi connectivity index (χ2n) is 2.42. The Morgan fingerprint density at radius 2 is 2.33 bits per heavy atom. The van der Waals surface area contributed by atoms with E-state index in [0.29, 0.717) is 0 Å². The largest absolute Gasteiger partial charge is 0.478 e. The van der Waals surface area contributed by atoms with Crippen LogP contribution >= 0.6 is 11.6 Å². The molecule has 1 rings (SSSR count). The van der Waals surface area contributed by atoms with Gasteiger partial charge in [-0.05, 0) is 0 Å². The zero-order chi connectivity index (χ0) is 9.30. The van der Waals surface area contributed by atoms with Gasteiger partial charge in [0.05, 0.1) is 0 Å². The van der Waals surface area contributed by atoms with Gasteiger partial charge in [0.2, 0.25) is 10.8 Å². The molecule has 0 atom stereocenters. The third kappa shape index (κ3) is 1.53. The van der Waals surface area contributed by atoms with Gasteiger partial charge < -0.3 is 5.11 Å². The highest BCUT2D eigenvalue weighted by Gasteiger charge is 2.16. The lowest BCUT2D eigenvalue weighted by molar-refractivity contribution is -0.736. The van der Waals surface area contributed by atoms with Crippen LogP contribution in [0.25, 0.3) is 0 Å². The number of hydrogen-bond acceptors (Lipinski definition) is 2. The molecule has 0 saturated heterocycles. The fourth-order valence-corrected chi connectivity index (χ4v) is 1.03. The lowest BCUT2D eigenvalue weighted by Crippen LogP contribution is -2.37. The molecule has 1 aromatic rings.